The maximum Gasteiger partial charge on any atom is 0.148 e. The van der Waals surface area contributed by atoms with Crippen molar-refractivity contribution < 1.29 is 26.2 Å². The average Bonchev–Trinajstić information content (AvgIpc) is 3.68. The van der Waals surface area contributed by atoms with E-state index in [-0.39, 0.29) is 43.1 Å². The monoisotopic (exact) mass is 1030 g/mol. The molecule has 0 saturated heterocycles. The summed E-state index contributed by atoms with van der Waals surface area (Å²) in [5, 5.41) is 19.8. The van der Waals surface area contributed by atoms with Gasteiger partial charge < -0.3 is 5.11 Å². The summed E-state index contributed by atoms with van der Waals surface area (Å²) in [6.45, 7) is 19.9. The zero-order valence-corrected chi connectivity index (χ0v) is 40.9. The van der Waals surface area contributed by atoms with Crippen molar-refractivity contribution in [3.63, 3.8) is 0 Å². The van der Waals surface area contributed by atoms with Crippen LogP contribution in [-0.4, -0.2) is 19.6 Å². The van der Waals surface area contributed by atoms with Gasteiger partial charge in [-0.1, -0.05) is 183 Å². The van der Waals surface area contributed by atoms with E-state index < -0.39 is 0 Å². The smallest absolute Gasteiger partial charge is 0.148 e. The molecule has 10 aromatic rings. The number of aromatic hydroxyl groups is 1. The molecule has 2 heterocycles. The van der Waals surface area contributed by atoms with Gasteiger partial charge in [-0.15, -0.1) is 29.3 Å². The van der Waals surface area contributed by atoms with Gasteiger partial charge in [-0.2, -0.15) is 0 Å². The number of phenols is 1. The fraction of sp³-hybridized carbons (Fsp3) is 0.200. The molecule has 4 nitrogen and oxygen atoms in total. The first kappa shape index (κ1) is 43.9. The summed E-state index contributed by atoms with van der Waals surface area (Å²) in [5.41, 5.74) is 11.9. The van der Waals surface area contributed by atoms with Crippen molar-refractivity contribution in [3.05, 3.63) is 181 Å². The van der Waals surface area contributed by atoms with Crippen LogP contribution in [0, 0.1) is 6.07 Å². The van der Waals surface area contributed by atoms with Gasteiger partial charge >= 0.3 is 0 Å². The second-order valence-corrected chi connectivity index (χ2v) is 20.4. The van der Waals surface area contributed by atoms with Crippen LogP contribution < -0.4 is 0 Å². The van der Waals surface area contributed by atoms with Gasteiger partial charge in [0.2, 0.25) is 0 Å². The Morgan fingerprint density at radius 2 is 1.08 bits per heavy atom. The van der Waals surface area contributed by atoms with Crippen LogP contribution in [0.5, 0.6) is 5.75 Å². The normalized spacial score (nSPS) is 12.3. The maximum absolute atomic E-state index is 12.5. The van der Waals surface area contributed by atoms with Gasteiger partial charge in [0.1, 0.15) is 11.6 Å². The Kier molecular flexibility index (Phi) is 11.0. The molecule has 8 aromatic carbocycles. The molecule has 0 unspecified atom stereocenters. The predicted molar refractivity (Wildman–Crippen MR) is 270 cm³/mol. The largest absolute Gasteiger partial charge is 0.507 e. The molecule has 0 bridgehead atoms. The van der Waals surface area contributed by atoms with E-state index in [1.54, 1.807) is 0 Å². The third kappa shape index (κ3) is 7.87. The van der Waals surface area contributed by atoms with Gasteiger partial charge in [0.05, 0.1) is 16.6 Å². The van der Waals surface area contributed by atoms with Crippen molar-refractivity contribution >= 4 is 43.4 Å². The number of aromatic nitrogens is 3. The molecule has 5 heteroatoms. The topological polar surface area (TPSA) is 50.9 Å². The number of nitrogens with zero attached hydrogens (tertiary/aromatic N) is 3. The summed E-state index contributed by atoms with van der Waals surface area (Å²) < 4.78 is 2.26. The molecule has 10 rings (SSSR count). The number of hydrogen-bond donors (Lipinski definition) is 1. The first-order chi connectivity index (χ1) is 30.5. The minimum Gasteiger partial charge on any atom is -0.507 e. The van der Waals surface area contributed by atoms with Crippen molar-refractivity contribution in [1.82, 2.24) is 14.5 Å². The van der Waals surface area contributed by atoms with Crippen LogP contribution in [-0.2, 0) is 37.3 Å². The number of rotatable bonds is 5. The number of hydrogen-bond acceptors (Lipinski definition) is 3. The van der Waals surface area contributed by atoms with Crippen LogP contribution >= 0.6 is 0 Å². The molecule has 0 saturated carbocycles. The Balaban J connectivity index is 0.00000533. The van der Waals surface area contributed by atoms with E-state index in [4.69, 9.17) is 9.97 Å². The second kappa shape index (κ2) is 16.3. The molecular weight excluding hydrogens is 974 g/mol. The van der Waals surface area contributed by atoms with Crippen molar-refractivity contribution in [2.24, 2.45) is 0 Å². The molecular formula is C60H54N3OPt-. The summed E-state index contributed by atoms with van der Waals surface area (Å²) in [6.07, 6.45) is 1.89. The first-order valence-electron chi connectivity index (χ1n) is 22.4. The van der Waals surface area contributed by atoms with Crippen LogP contribution in [0.1, 0.15) is 79.0 Å². The molecule has 0 fully saturated rings. The van der Waals surface area contributed by atoms with Crippen molar-refractivity contribution in [3.8, 4) is 56.3 Å². The third-order valence-corrected chi connectivity index (χ3v) is 12.9. The minimum atomic E-state index is -0.324. The van der Waals surface area contributed by atoms with E-state index in [2.05, 4.69) is 219 Å². The fourth-order valence-electron chi connectivity index (χ4n) is 9.28. The Morgan fingerprint density at radius 3 is 1.71 bits per heavy atom. The maximum atomic E-state index is 12.5. The molecule has 1 N–H and O–H groups in total. The fourth-order valence-corrected chi connectivity index (χ4v) is 9.28. The zero-order chi connectivity index (χ0) is 44.7. The van der Waals surface area contributed by atoms with Gasteiger partial charge in [-0.3, -0.25) is 9.55 Å². The molecule has 65 heavy (non-hydrogen) atoms. The molecule has 0 radical (unpaired) electrons. The zero-order valence-electron chi connectivity index (χ0n) is 38.6. The first-order valence-corrected chi connectivity index (χ1v) is 22.4. The second-order valence-electron chi connectivity index (χ2n) is 20.4. The van der Waals surface area contributed by atoms with Crippen LogP contribution in [0.3, 0.4) is 0 Å². The summed E-state index contributed by atoms with van der Waals surface area (Å²) in [6, 6.07) is 58.0. The van der Waals surface area contributed by atoms with Gasteiger partial charge in [0, 0.05) is 44.2 Å². The van der Waals surface area contributed by atoms with Gasteiger partial charge in [-0.05, 0) is 95.6 Å². The Bertz CT molecular complexity index is 3420. The average molecular weight is 1030 g/mol. The van der Waals surface area contributed by atoms with Crippen LogP contribution in [0.25, 0.3) is 93.9 Å². The molecule has 0 aliphatic heterocycles. The Hall–Kier alpha value is -6.35. The van der Waals surface area contributed by atoms with Gasteiger partial charge in [0.15, 0.2) is 0 Å². The van der Waals surface area contributed by atoms with Gasteiger partial charge in [-0.25, -0.2) is 4.98 Å². The van der Waals surface area contributed by atoms with Crippen LogP contribution in [0.2, 0.25) is 0 Å². The molecule has 0 atom stereocenters. The quantitative estimate of drug-likeness (QED) is 0.138. The third-order valence-electron chi connectivity index (χ3n) is 12.9. The number of benzene rings is 8. The molecule has 0 aliphatic rings. The van der Waals surface area contributed by atoms with Gasteiger partial charge in [0.25, 0.3) is 0 Å². The molecule has 0 spiro atoms. The van der Waals surface area contributed by atoms with Crippen LogP contribution in [0.4, 0.5) is 0 Å². The van der Waals surface area contributed by atoms with Crippen LogP contribution in [0.15, 0.2) is 158 Å². The van der Waals surface area contributed by atoms with E-state index in [0.29, 0.717) is 11.4 Å². The number of para-hydroxylation sites is 1. The number of pyridine rings is 1. The minimum absolute atomic E-state index is 0. The van der Waals surface area contributed by atoms with Crippen molar-refractivity contribution in [2.75, 3.05) is 0 Å². The van der Waals surface area contributed by atoms with Crippen molar-refractivity contribution in [2.45, 2.75) is 78.6 Å². The molecule has 326 valence electrons. The number of imidazole rings is 1. The SMILES string of the molecule is CC(C)(C)c1cc(-c2cc(-c3ccccc3)ccn2)[c-]c(-c2cccc3c2nc(-c2cc(C(C)(C)C)cc(C(C)(C)C)c2O)n3-c2ccc3c4ccccc4c4ccccc4c3c2)c1.[Pt]. The van der Waals surface area contributed by atoms with E-state index in [1.807, 2.05) is 12.3 Å². The Labute approximate surface area is 397 Å². The molecule has 0 amide bonds. The predicted octanol–water partition coefficient (Wildman–Crippen LogP) is 15.9. The number of phenolic OH excluding ortho intramolecular Hbond substituents is 1. The van der Waals surface area contributed by atoms with E-state index >= 15 is 0 Å². The summed E-state index contributed by atoms with van der Waals surface area (Å²) in [5.74, 6) is 0.939. The van der Waals surface area contributed by atoms with E-state index in [9.17, 15) is 5.11 Å². The summed E-state index contributed by atoms with van der Waals surface area (Å²) in [4.78, 5) is 10.6. The number of fused-ring (bicyclic) bond motifs is 7. The summed E-state index contributed by atoms with van der Waals surface area (Å²) in [7, 11) is 0. The Morgan fingerprint density at radius 1 is 0.492 bits per heavy atom. The molecule has 2 aromatic heterocycles. The molecule has 0 aliphatic carbocycles. The van der Waals surface area contributed by atoms with E-state index in [0.717, 1.165) is 61.4 Å². The van der Waals surface area contributed by atoms with Crippen molar-refractivity contribution in [1.29, 1.82) is 0 Å². The summed E-state index contributed by atoms with van der Waals surface area (Å²) >= 11 is 0. The standard InChI is InChI=1S/C60H54N3O.Pt/c1-58(2,3)41-31-39(30-40(32-41)53-33-38(28-29-61-53)37-18-11-10-12-19-37)44-24-17-25-54-55(44)62-57(51-34-42(59(4,5)6)35-52(56(51)64)60(7,8)9)63(54)43-26-27-49-47-22-14-13-20-45(47)46-21-15-16-23-48(46)50(49)36-43;/h10-29,31-36,64H,1-9H3;/q-1;. The van der Waals surface area contributed by atoms with E-state index in [1.165, 1.54) is 37.9 Å².